The third kappa shape index (κ3) is 4.50. The fourth-order valence-electron chi connectivity index (χ4n) is 3.07. The Labute approximate surface area is 193 Å². The number of anilines is 1. The number of benzene rings is 3. The first kappa shape index (κ1) is 21.9. The molecule has 0 aliphatic rings. The third-order valence-corrected chi connectivity index (χ3v) is 7.31. The molecule has 0 bridgehead atoms. The molecule has 0 saturated carbocycles. The Hall–Kier alpha value is -3.27. The van der Waals surface area contributed by atoms with E-state index in [4.69, 9.17) is 16.6 Å². The number of thiazole rings is 1. The number of nitrogens with one attached hydrogen (secondary N) is 1. The number of sulfonamides is 1. The zero-order valence-electron chi connectivity index (χ0n) is 16.7. The van der Waals surface area contributed by atoms with Gasteiger partial charge in [0.2, 0.25) is 0 Å². The molecule has 0 amide bonds. The van der Waals surface area contributed by atoms with Gasteiger partial charge in [-0.1, -0.05) is 48.0 Å². The topological polar surface area (TPSA) is 102 Å². The number of rotatable bonds is 6. The summed E-state index contributed by atoms with van der Waals surface area (Å²) in [7, 11) is -4.03. The Kier molecular flexibility index (Phi) is 5.96. The first-order valence-electron chi connectivity index (χ1n) is 9.33. The average molecular weight is 486 g/mol. The Bertz CT molecular complexity index is 1420. The second-order valence-electron chi connectivity index (χ2n) is 6.91. The molecule has 0 spiro atoms. The third-order valence-electron chi connectivity index (χ3n) is 4.74. The van der Waals surface area contributed by atoms with Crippen LogP contribution in [0.5, 0.6) is 0 Å². The summed E-state index contributed by atoms with van der Waals surface area (Å²) < 4.78 is 27.7. The molecular formula is C22H16ClN3O4S2. The zero-order valence-corrected chi connectivity index (χ0v) is 19.0. The highest BCUT2D eigenvalue weighted by molar-refractivity contribution is 7.92. The summed E-state index contributed by atoms with van der Waals surface area (Å²) in [6, 6.07) is 18.1. The highest BCUT2D eigenvalue weighted by Crippen LogP contribution is 2.32. The van der Waals surface area contributed by atoms with Gasteiger partial charge in [-0.25, -0.2) is 13.4 Å². The molecule has 0 unspecified atom stereocenters. The summed E-state index contributed by atoms with van der Waals surface area (Å²) >= 11 is 7.30. The van der Waals surface area contributed by atoms with Crippen molar-refractivity contribution < 1.29 is 13.3 Å². The van der Waals surface area contributed by atoms with Crippen LogP contribution in [-0.2, 0) is 10.0 Å². The van der Waals surface area contributed by atoms with Crippen LogP contribution in [0, 0.1) is 17.0 Å². The van der Waals surface area contributed by atoms with Crippen LogP contribution < -0.4 is 4.72 Å². The Morgan fingerprint density at radius 2 is 1.78 bits per heavy atom. The second kappa shape index (κ2) is 8.70. The van der Waals surface area contributed by atoms with E-state index in [0.29, 0.717) is 5.69 Å². The lowest BCUT2D eigenvalue weighted by Crippen LogP contribution is -2.13. The Morgan fingerprint density at radius 1 is 1.06 bits per heavy atom. The van der Waals surface area contributed by atoms with Gasteiger partial charge in [0.05, 0.1) is 15.5 Å². The molecule has 1 aromatic heterocycles. The molecule has 7 nitrogen and oxygen atoms in total. The maximum absolute atomic E-state index is 12.6. The van der Waals surface area contributed by atoms with Crippen LogP contribution in [0.2, 0.25) is 5.02 Å². The van der Waals surface area contributed by atoms with Crippen LogP contribution in [0.25, 0.3) is 21.8 Å². The van der Waals surface area contributed by atoms with Gasteiger partial charge in [0.1, 0.15) is 10.0 Å². The van der Waals surface area contributed by atoms with Gasteiger partial charge in [-0.15, -0.1) is 11.3 Å². The number of nitrogens with zero attached hydrogens (tertiary/aromatic N) is 2. The summed E-state index contributed by atoms with van der Waals surface area (Å²) in [6.45, 7) is 2.03. The number of aryl methyl sites for hydroxylation is 1. The summed E-state index contributed by atoms with van der Waals surface area (Å²) in [5.74, 6) is 0. The van der Waals surface area contributed by atoms with E-state index < -0.39 is 20.6 Å². The van der Waals surface area contributed by atoms with Gasteiger partial charge in [0, 0.05) is 28.3 Å². The molecule has 0 fully saturated rings. The predicted octanol–water partition coefficient (Wildman–Crippen LogP) is 6.15. The minimum atomic E-state index is -4.03. The van der Waals surface area contributed by atoms with E-state index >= 15 is 0 Å². The van der Waals surface area contributed by atoms with Crippen LogP contribution in [0.1, 0.15) is 5.56 Å². The maximum Gasteiger partial charge on any atom is 0.289 e. The first-order valence-corrected chi connectivity index (χ1v) is 12.1. The molecule has 32 heavy (non-hydrogen) atoms. The SMILES string of the molecule is Cc1ccccc1-c1nc(-c2ccc(NS(=O)(=O)c3ccc(Cl)c([N+](=O)[O-])c3)cc2)cs1. The molecule has 162 valence electrons. The fraction of sp³-hybridized carbons (Fsp3) is 0.0455. The van der Waals surface area contributed by atoms with Gasteiger partial charge in [-0.3, -0.25) is 14.8 Å². The molecular weight excluding hydrogens is 470 g/mol. The van der Waals surface area contributed by atoms with Crippen LogP contribution in [0.3, 0.4) is 0 Å². The van der Waals surface area contributed by atoms with Crippen molar-refractivity contribution in [1.82, 2.24) is 4.98 Å². The van der Waals surface area contributed by atoms with Crippen LogP contribution in [0.4, 0.5) is 11.4 Å². The molecule has 4 aromatic rings. The lowest BCUT2D eigenvalue weighted by molar-refractivity contribution is -0.384. The normalized spacial score (nSPS) is 11.3. The lowest BCUT2D eigenvalue weighted by Gasteiger charge is -2.09. The van der Waals surface area contributed by atoms with Crippen LogP contribution in [0.15, 0.2) is 77.0 Å². The second-order valence-corrected chi connectivity index (χ2v) is 9.85. The van der Waals surface area contributed by atoms with Gasteiger partial charge >= 0.3 is 0 Å². The monoisotopic (exact) mass is 485 g/mol. The molecule has 0 atom stereocenters. The van der Waals surface area contributed by atoms with Crippen molar-refractivity contribution in [3.63, 3.8) is 0 Å². The van der Waals surface area contributed by atoms with E-state index in [0.717, 1.165) is 33.5 Å². The van der Waals surface area contributed by atoms with Crippen LogP contribution in [-0.4, -0.2) is 18.3 Å². The number of hydrogen-bond donors (Lipinski definition) is 1. The van der Waals surface area contributed by atoms with Crippen molar-refractivity contribution >= 4 is 44.3 Å². The highest BCUT2D eigenvalue weighted by Gasteiger charge is 2.21. The minimum absolute atomic E-state index is 0.133. The summed E-state index contributed by atoms with van der Waals surface area (Å²) in [5, 5.41) is 13.8. The average Bonchev–Trinajstić information content (AvgIpc) is 3.24. The molecule has 0 aliphatic heterocycles. The smallest absolute Gasteiger partial charge is 0.280 e. The number of halogens is 1. The van der Waals surface area contributed by atoms with Gasteiger partial charge in [0.15, 0.2) is 0 Å². The van der Waals surface area contributed by atoms with E-state index in [9.17, 15) is 18.5 Å². The largest absolute Gasteiger partial charge is 0.289 e. The van der Waals surface area contributed by atoms with Crippen molar-refractivity contribution in [2.24, 2.45) is 0 Å². The molecule has 1 heterocycles. The molecule has 0 saturated heterocycles. The lowest BCUT2D eigenvalue weighted by atomic mass is 10.1. The van der Waals surface area contributed by atoms with Gasteiger partial charge in [-0.05, 0) is 36.8 Å². The quantitative estimate of drug-likeness (QED) is 0.260. The minimum Gasteiger partial charge on any atom is -0.280 e. The van der Waals surface area contributed by atoms with Gasteiger partial charge in [0.25, 0.3) is 15.7 Å². The van der Waals surface area contributed by atoms with E-state index in [-0.39, 0.29) is 9.92 Å². The number of hydrogen-bond acceptors (Lipinski definition) is 6. The van der Waals surface area contributed by atoms with Crippen molar-refractivity contribution in [3.05, 3.63) is 92.8 Å². The highest BCUT2D eigenvalue weighted by atomic mass is 35.5. The maximum atomic E-state index is 12.6. The van der Waals surface area contributed by atoms with Crippen molar-refractivity contribution in [2.45, 2.75) is 11.8 Å². The molecule has 3 aromatic carbocycles. The van der Waals surface area contributed by atoms with Crippen molar-refractivity contribution in [3.8, 4) is 21.8 Å². The molecule has 10 heteroatoms. The fourth-order valence-corrected chi connectivity index (χ4v) is 5.25. The van der Waals surface area contributed by atoms with Crippen molar-refractivity contribution in [1.29, 1.82) is 0 Å². The van der Waals surface area contributed by atoms with E-state index in [2.05, 4.69) is 4.72 Å². The zero-order chi connectivity index (χ0) is 22.9. The number of nitro groups is 1. The Balaban J connectivity index is 1.55. The van der Waals surface area contributed by atoms with E-state index in [1.807, 2.05) is 36.6 Å². The standard InChI is InChI=1S/C22H16ClN3O4S2/c1-14-4-2-3-5-18(14)22-24-20(13-31-22)15-6-8-16(9-7-15)25-32(29,30)17-10-11-19(23)21(12-17)26(27)28/h2-13,25H,1H3. The molecule has 4 rings (SSSR count). The summed E-state index contributed by atoms with van der Waals surface area (Å²) in [5.41, 5.74) is 3.69. The number of nitro benzene ring substituents is 1. The Morgan fingerprint density at radius 3 is 2.47 bits per heavy atom. The molecule has 0 radical (unpaired) electrons. The summed E-state index contributed by atoms with van der Waals surface area (Å²) in [4.78, 5) is 14.8. The molecule has 1 N–H and O–H groups in total. The predicted molar refractivity (Wildman–Crippen MR) is 127 cm³/mol. The van der Waals surface area contributed by atoms with E-state index in [1.54, 1.807) is 24.3 Å². The number of aromatic nitrogens is 1. The van der Waals surface area contributed by atoms with Crippen molar-refractivity contribution in [2.75, 3.05) is 4.72 Å². The molecule has 0 aliphatic carbocycles. The van der Waals surface area contributed by atoms with Gasteiger partial charge < -0.3 is 0 Å². The first-order chi connectivity index (χ1) is 15.2. The van der Waals surface area contributed by atoms with E-state index in [1.165, 1.54) is 23.5 Å². The summed E-state index contributed by atoms with van der Waals surface area (Å²) in [6.07, 6.45) is 0. The van der Waals surface area contributed by atoms with Crippen LogP contribution >= 0.6 is 22.9 Å². The van der Waals surface area contributed by atoms with Gasteiger partial charge in [-0.2, -0.15) is 0 Å².